The summed E-state index contributed by atoms with van der Waals surface area (Å²) in [6, 6.07) is 0.717. The van der Waals surface area contributed by atoms with E-state index < -0.39 is 0 Å². The lowest BCUT2D eigenvalue weighted by Crippen LogP contribution is -2.02. The van der Waals surface area contributed by atoms with E-state index in [1.54, 1.807) is 0 Å². The van der Waals surface area contributed by atoms with E-state index in [0.717, 1.165) is 19.4 Å². The molecule has 1 aliphatic rings. The predicted molar refractivity (Wildman–Crippen MR) is 57.1 cm³/mol. The second-order valence-corrected chi connectivity index (χ2v) is 4.14. The van der Waals surface area contributed by atoms with E-state index in [2.05, 4.69) is 15.7 Å². The fourth-order valence-electron chi connectivity index (χ4n) is 2.19. The SMILES string of the molecule is NCCCc1cn(C2CCCC2)cn1. The molecular weight excluding hydrogens is 174 g/mol. The first-order valence-corrected chi connectivity index (χ1v) is 5.62. The van der Waals surface area contributed by atoms with Gasteiger partial charge in [-0.3, -0.25) is 0 Å². The van der Waals surface area contributed by atoms with Crippen LogP contribution in [0.2, 0.25) is 0 Å². The molecule has 1 heterocycles. The summed E-state index contributed by atoms with van der Waals surface area (Å²) in [7, 11) is 0. The Hall–Kier alpha value is -0.830. The molecule has 3 heteroatoms. The molecule has 0 bridgehead atoms. The molecule has 0 aromatic carbocycles. The first-order valence-electron chi connectivity index (χ1n) is 5.62. The summed E-state index contributed by atoms with van der Waals surface area (Å²) < 4.78 is 2.29. The van der Waals surface area contributed by atoms with Crippen molar-refractivity contribution in [2.24, 2.45) is 5.73 Å². The van der Waals surface area contributed by atoms with Crippen molar-refractivity contribution in [1.29, 1.82) is 0 Å². The lowest BCUT2D eigenvalue weighted by Gasteiger charge is -2.09. The number of hydrogen-bond acceptors (Lipinski definition) is 2. The van der Waals surface area contributed by atoms with Crippen LogP contribution >= 0.6 is 0 Å². The third-order valence-corrected chi connectivity index (χ3v) is 3.04. The molecule has 1 aromatic rings. The topological polar surface area (TPSA) is 43.8 Å². The van der Waals surface area contributed by atoms with Gasteiger partial charge in [0.25, 0.3) is 0 Å². The van der Waals surface area contributed by atoms with E-state index >= 15 is 0 Å². The quantitative estimate of drug-likeness (QED) is 0.793. The number of aromatic nitrogens is 2. The van der Waals surface area contributed by atoms with Crippen LogP contribution in [0.4, 0.5) is 0 Å². The summed E-state index contributed by atoms with van der Waals surface area (Å²) in [5.74, 6) is 0. The summed E-state index contributed by atoms with van der Waals surface area (Å²) in [6.45, 7) is 0.760. The molecule has 78 valence electrons. The largest absolute Gasteiger partial charge is 0.334 e. The van der Waals surface area contributed by atoms with Gasteiger partial charge in [-0.1, -0.05) is 12.8 Å². The number of nitrogens with zero attached hydrogens (tertiary/aromatic N) is 2. The molecule has 1 fully saturated rings. The molecule has 1 aromatic heterocycles. The predicted octanol–water partition coefficient (Wildman–Crippen LogP) is 1.89. The van der Waals surface area contributed by atoms with Crippen LogP contribution in [-0.4, -0.2) is 16.1 Å². The molecule has 0 spiro atoms. The second kappa shape index (κ2) is 4.60. The van der Waals surface area contributed by atoms with Crippen molar-refractivity contribution < 1.29 is 0 Å². The summed E-state index contributed by atoms with van der Waals surface area (Å²) in [5.41, 5.74) is 6.67. The third-order valence-electron chi connectivity index (χ3n) is 3.04. The van der Waals surface area contributed by atoms with Crippen LogP contribution in [0.15, 0.2) is 12.5 Å². The second-order valence-electron chi connectivity index (χ2n) is 4.14. The van der Waals surface area contributed by atoms with Crippen LogP contribution < -0.4 is 5.73 Å². The zero-order valence-electron chi connectivity index (χ0n) is 8.65. The van der Waals surface area contributed by atoms with Gasteiger partial charge >= 0.3 is 0 Å². The highest BCUT2D eigenvalue weighted by molar-refractivity contribution is 4.99. The van der Waals surface area contributed by atoms with Gasteiger partial charge in [0.2, 0.25) is 0 Å². The van der Waals surface area contributed by atoms with Gasteiger partial charge < -0.3 is 10.3 Å². The van der Waals surface area contributed by atoms with Crippen molar-refractivity contribution in [3.8, 4) is 0 Å². The van der Waals surface area contributed by atoms with Gasteiger partial charge in [0.05, 0.1) is 12.0 Å². The van der Waals surface area contributed by atoms with Crippen molar-refractivity contribution in [2.45, 2.75) is 44.6 Å². The highest BCUT2D eigenvalue weighted by Crippen LogP contribution is 2.29. The number of rotatable bonds is 4. The number of hydrogen-bond donors (Lipinski definition) is 1. The molecule has 0 amide bonds. The van der Waals surface area contributed by atoms with Crippen LogP contribution in [0.25, 0.3) is 0 Å². The lowest BCUT2D eigenvalue weighted by molar-refractivity contribution is 0.517. The third kappa shape index (κ3) is 2.15. The molecule has 14 heavy (non-hydrogen) atoms. The Bertz CT molecular complexity index is 274. The maximum atomic E-state index is 5.47. The van der Waals surface area contributed by atoms with Crippen molar-refractivity contribution in [2.75, 3.05) is 6.54 Å². The Morgan fingerprint density at radius 2 is 2.21 bits per heavy atom. The summed E-state index contributed by atoms with van der Waals surface area (Å²) in [4.78, 5) is 4.41. The normalized spacial score (nSPS) is 17.8. The molecule has 3 nitrogen and oxygen atoms in total. The van der Waals surface area contributed by atoms with Gasteiger partial charge in [-0.05, 0) is 32.2 Å². The van der Waals surface area contributed by atoms with E-state index in [9.17, 15) is 0 Å². The first kappa shape index (κ1) is 9.71. The Kier molecular flexibility index (Phi) is 3.19. The van der Waals surface area contributed by atoms with Gasteiger partial charge in [0, 0.05) is 12.2 Å². The number of nitrogens with two attached hydrogens (primary N) is 1. The molecule has 0 saturated heterocycles. The maximum Gasteiger partial charge on any atom is 0.0951 e. The van der Waals surface area contributed by atoms with Gasteiger partial charge in [0.15, 0.2) is 0 Å². The van der Waals surface area contributed by atoms with E-state index in [0.29, 0.717) is 6.04 Å². The fourth-order valence-corrected chi connectivity index (χ4v) is 2.19. The minimum absolute atomic E-state index is 0.717. The summed E-state index contributed by atoms with van der Waals surface area (Å²) >= 11 is 0. The molecule has 1 saturated carbocycles. The smallest absolute Gasteiger partial charge is 0.0951 e. The zero-order valence-corrected chi connectivity index (χ0v) is 8.65. The molecule has 0 aliphatic heterocycles. The molecule has 0 atom stereocenters. The van der Waals surface area contributed by atoms with Crippen molar-refractivity contribution in [3.63, 3.8) is 0 Å². The fraction of sp³-hybridized carbons (Fsp3) is 0.727. The molecular formula is C11H19N3. The van der Waals surface area contributed by atoms with Gasteiger partial charge in [-0.25, -0.2) is 4.98 Å². The van der Waals surface area contributed by atoms with Gasteiger partial charge in [0.1, 0.15) is 0 Å². The summed E-state index contributed by atoms with van der Waals surface area (Å²) in [6.07, 6.45) is 11.7. The van der Waals surface area contributed by atoms with Crippen LogP contribution in [0.3, 0.4) is 0 Å². The monoisotopic (exact) mass is 193 g/mol. The highest BCUT2D eigenvalue weighted by Gasteiger charge is 2.16. The summed E-state index contributed by atoms with van der Waals surface area (Å²) in [5, 5.41) is 0. The van der Waals surface area contributed by atoms with Crippen LogP contribution in [0, 0.1) is 0 Å². The Morgan fingerprint density at radius 1 is 1.43 bits per heavy atom. The molecule has 0 unspecified atom stereocenters. The Labute approximate surface area is 85.3 Å². The molecule has 0 radical (unpaired) electrons. The Balaban J connectivity index is 1.94. The average molecular weight is 193 g/mol. The first-order chi connectivity index (χ1) is 6.90. The van der Waals surface area contributed by atoms with E-state index in [1.807, 2.05) is 6.33 Å². The van der Waals surface area contributed by atoms with Gasteiger partial charge in [-0.2, -0.15) is 0 Å². The van der Waals surface area contributed by atoms with Crippen LogP contribution in [-0.2, 0) is 6.42 Å². The average Bonchev–Trinajstić information content (AvgIpc) is 2.85. The minimum atomic E-state index is 0.717. The standard InChI is InChI=1S/C11H19N3/c12-7-3-4-10-8-14(9-13-10)11-5-1-2-6-11/h8-9,11H,1-7,12H2. The van der Waals surface area contributed by atoms with E-state index in [1.165, 1.54) is 31.4 Å². The van der Waals surface area contributed by atoms with E-state index in [4.69, 9.17) is 5.73 Å². The number of aryl methyl sites for hydroxylation is 1. The molecule has 2 N–H and O–H groups in total. The van der Waals surface area contributed by atoms with Crippen LogP contribution in [0.1, 0.15) is 43.8 Å². The zero-order chi connectivity index (χ0) is 9.80. The maximum absolute atomic E-state index is 5.47. The number of imidazole rings is 1. The van der Waals surface area contributed by atoms with Gasteiger partial charge in [-0.15, -0.1) is 0 Å². The molecule has 1 aliphatic carbocycles. The van der Waals surface area contributed by atoms with Crippen LogP contribution in [0.5, 0.6) is 0 Å². The highest BCUT2D eigenvalue weighted by atomic mass is 15.1. The lowest BCUT2D eigenvalue weighted by atomic mass is 10.2. The van der Waals surface area contributed by atoms with Crippen molar-refractivity contribution in [1.82, 2.24) is 9.55 Å². The van der Waals surface area contributed by atoms with Crippen molar-refractivity contribution in [3.05, 3.63) is 18.2 Å². The Morgan fingerprint density at radius 3 is 2.93 bits per heavy atom. The minimum Gasteiger partial charge on any atom is -0.334 e. The van der Waals surface area contributed by atoms with E-state index in [-0.39, 0.29) is 0 Å². The van der Waals surface area contributed by atoms with Crippen molar-refractivity contribution >= 4 is 0 Å². The molecule has 2 rings (SSSR count).